The van der Waals surface area contributed by atoms with Crippen molar-refractivity contribution in [3.05, 3.63) is 91.4 Å². The molecule has 0 bridgehead atoms. The van der Waals surface area contributed by atoms with E-state index < -0.39 is 26.4 Å². The third-order valence-electron chi connectivity index (χ3n) is 4.38. The standard InChI is InChI=1S/C19H12Cl4O5S/c20-11-4-1-3-10(7-11)19(29(26,27)28,13-5-2-6-16(24)18(13)25)14-8-12(21)9-15(22)17(14)23/h1-9,24-25H,(H,26,27,28). The summed E-state index contributed by atoms with van der Waals surface area (Å²) in [4.78, 5) is 0. The lowest BCUT2D eigenvalue weighted by Crippen LogP contribution is -2.38. The minimum absolute atomic E-state index is 0.0316. The van der Waals surface area contributed by atoms with Gasteiger partial charge in [-0.3, -0.25) is 4.55 Å². The van der Waals surface area contributed by atoms with Gasteiger partial charge in [-0.2, -0.15) is 8.42 Å². The molecule has 5 nitrogen and oxygen atoms in total. The zero-order valence-electron chi connectivity index (χ0n) is 14.3. The maximum absolute atomic E-state index is 13.0. The monoisotopic (exact) mass is 492 g/mol. The second-order valence-electron chi connectivity index (χ2n) is 6.09. The molecule has 3 aromatic rings. The third kappa shape index (κ3) is 3.65. The van der Waals surface area contributed by atoms with Crippen LogP contribution >= 0.6 is 46.4 Å². The van der Waals surface area contributed by atoms with Gasteiger partial charge in [0, 0.05) is 21.2 Å². The zero-order valence-corrected chi connectivity index (χ0v) is 18.1. The maximum atomic E-state index is 13.0. The van der Waals surface area contributed by atoms with Gasteiger partial charge in [-0.05, 0) is 35.9 Å². The summed E-state index contributed by atoms with van der Waals surface area (Å²) in [5, 5.41) is 20.4. The summed E-state index contributed by atoms with van der Waals surface area (Å²) in [6, 6.07) is 11.8. The van der Waals surface area contributed by atoms with Crippen molar-refractivity contribution in [1.29, 1.82) is 0 Å². The molecule has 29 heavy (non-hydrogen) atoms. The first-order valence-corrected chi connectivity index (χ1v) is 10.8. The Morgan fingerprint density at radius 2 is 1.45 bits per heavy atom. The number of para-hydroxylation sites is 1. The van der Waals surface area contributed by atoms with E-state index in [4.69, 9.17) is 46.4 Å². The average Bonchev–Trinajstić information content (AvgIpc) is 2.62. The molecule has 0 amide bonds. The predicted molar refractivity (Wildman–Crippen MR) is 114 cm³/mol. The van der Waals surface area contributed by atoms with Crippen molar-refractivity contribution >= 4 is 56.5 Å². The van der Waals surface area contributed by atoms with Gasteiger partial charge in [-0.15, -0.1) is 0 Å². The van der Waals surface area contributed by atoms with Crippen LogP contribution in [-0.4, -0.2) is 23.2 Å². The molecule has 152 valence electrons. The van der Waals surface area contributed by atoms with Crippen LogP contribution in [0.2, 0.25) is 20.1 Å². The van der Waals surface area contributed by atoms with Gasteiger partial charge in [-0.1, -0.05) is 70.7 Å². The normalized spacial score (nSPS) is 13.8. The number of rotatable bonds is 4. The number of benzene rings is 3. The Hall–Kier alpha value is -1.67. The van der Waals surface area contributed by atoms with E-state index in [-0.39, 0.29) is 36.8 Å². The molecule has 0 aliphatic heterocycles. The Bertz CT molecular complexity index is 1210. The highest BCUT2D eigenvalue weighted by molar-refractivity contribution is 7.87. The molecule has 0 saturated carbocycles. The minimum atomic E-state index is -5.13. The molecule has 3 aromatic carbocycles. The van der Waals surface area contributed by atoms with Crippen molar-refractivity contribution in [2.75, 3.05) is 0 Å². The van der Waals surface area contributed by atoms with E-state index in [2.05, 4.69) is 0 Å². The van der Waals surface area contributed by atoms with E-state index in [1.54, 1.807) is 0 Å². The lowest BCUT2D eigenvalue weighted by atomic mass is 9.83. The van der Waals surface area contributed by atoms with Crippen LogP contribution < -0.4 is 0 Å². The Labute approximate surface area is 186 Å². The summed E-state index contributed by atoms with van der Waals surface area (Å²) < 4.78 is 33.9. The number of halogens is 4. The van der Waals surface area contributed by atoms with Crippen molar-refractivity contribution < 1.29 is 23.2 Å². The van der Waals surface area contributed by atoms with Crippen LogP contribution in [0.15, 0.2) is 54.6 Å². The first-order valence-electron chi connectivity index (χ1n) is 7.89. The second kappa shape index (κ2) is 7.87. The molecular formula is C19H12Cl4O5S. The third-order valence-corrected chi connectivity index (χ3v) is 7.09. The molecular weight excluding hydrogens is 482 g/mol. The van der Waals surface area contributed by atoms with Gasteiger partial charge >= 0.3 is 0 Å². The van der Waals surface area contributed by atoms with Gasteiger partial charge in [0.1, 0.15) is 0 Å². The largest absolute Gasteiger partial charge is 0.504 e. The summed E-state index contributed by atoms with van der Waals surface area (Å²) in [6.07, 6.45) is 0. The van der Waals surface area contributed by atoms with Crippen molar-refractivity contribution in [3.8, 4) is 11.5 Å². The SMILES string of the molecule is O=S(=O)(O)C(c1cccc(Cl)c1)(c1cccc(O)c1O)c1cc(Cl)cc(Cl)c1Cl. The molecule has 3 N–H and O–H groups in total. The van der Waals surface area contributed by atoms with E-state index >= 15 is 0 Å². The second-order valence-corrected chi connectivity index (χ2v) is 9.31. The first kappa shape index (κ1) is 22.0. The molecule has 0 fully saturated rings. The highest BCUT2D eigenvalue weighted by atomic mass is 35.5. The van der Waals surface area contributed by atoms with Gasteiger partial charge < -0.3 is 10.2 Å². The zero-order chi connectivity index (χ0) is 21.6. The van der Waals surface area contributed by atoms with E-state index in [1.165, 1.54) is 48.5 Å². The molecule has 0 aromatic heterocycles. The lowest BCUT2D eigenvalue weighted by Gasteiger charge is -2.34. The smallest absolute Gasteiger partial charge is 0.283 e. The predicted octanol–water partition coefficient (Wildman–Crippen LogP) is 5.89. The number of phenolic OH excluding ortho intramolecular Hbond substituents is 2. The Morgan fingerprint density at radius 3 is 2.07 bits per heavy atom. The van der Waals surface area contributed by atoms with Crippen LogP contribution in [-0.2, 0) is 14.9 Å². The van der Waals surface area contributed by atoms with Gasteiger partial charge in [0.15, 0.2) is 16.2 Å². The lowest BCUT2D eigenvalue weighted by molar-refractivity contribution is 0.393. The van der Waals surface area contributed by atoms with Crippen molar-refractivity contribution in [2.45, 2.75) is 4.75 Å². The Balaban J connectivity index is 2.65. The Morgan fingerprint density at radius 1 is 0.793 bits per heavy atom. The molecule has 0 saturated heterocycles. The molecule has 0 aliphatic carbocycles. The summed E-state index contributed by atoms with van der Waals surface area (Å²) in [5.74, 6) is -1.39. The number of hydrogen-bond donors (Lipinski definition) is 3. The Kier molecular flexibility index (Phi) is 5.98. The first-order chi connectivity index (χ1) is 13.5. The minimum Gasteiger partial charge on any atom is -0.504 e. The summed E-state index contributed by atoms with van der Waals surface area (Å²) in [5.41, 5.74) is -0.668. The topological polar surface area (TPSA) is 94.8 Å². The van der Waals surface area contributed by atoms with Crippen LogP contribution in [0.25, 0.3) is 0 Å². The fourth-order valence-corrected chi connectivity index (χ4v) is 5.51. The molecule has 3 rings (SSSR count). The van der Waals surface area contributed by atoms with Gasteiger partial charge in [0.25, 0.3) is 10.1 Å². The highest BCUT2D eigenvalue weighted by Gasteiger charge is 2.52. The van der Waals surface area contributed by atoms with Crippen molar-refractivity contribution in [2.24, 2.45) is 0 Å². The molecule has 1 unspecified atom stereocenters. The summed E-state index contributed by atoms with van der Waals surface area (Å²) in [6.45, 7) is 0. The van der Waals surface area contributed by atoms with E-state index in [1.807, 2.05) is 0 Å². The molecule has 0 radical (unpaired) electrons. The molecule has 0 aliphatic rings. The van der Waals surface area contributed by atoms with Gasteiger partial charge in [0.05, 0.1) is 10.0 Å². The fourth-order valence-electron chi connectivity index (χ4n) is 3.22. The van der Waals surface area contributed by atoms with Crippen LogP contribution in [0.4, 0.5) is 0 Å². The van der Waals surface area contributed by atoms with Crippen molar-refractivity contribution in [1.82, 2.24) is 0 Å². The van der Waals surface area contributed by atoms with E-state index in [0.717, 1.165) is 6.07 Å². The molecule has 1 atom stereocenters. The molecule has 0 spiro atoms. The van der Waals surface area contributed by atoms with Crippen LogP contribution in [0.5, 0.6) is 11.5 Å². The quantitative estimate of drug-likeness (QED) is 0.182. The summed E-state index contributed by atoms with van der Waals surface area (Å²) >= 11 is 24.6. The molecule has 10 heteroatoms. The molecule has 0 heterocycles. The van der Waals surface area contributed by atoms with Crippen LogP contribution in [0, 0.1) is 0 Å². The average molecular weight is 494 g/mol. The number of hydrogen-bond acceptors (Lipinski definition) is 4. The van der Waals surface area contributed by atoms with Crippen LogP contribution in [0.3, 0.4) is 0 Å². The number of aromatic hydroxyl groups is 2. The maximum Gasteiger partial charge on any atom is 0.283 e. The number of phenols is 2. The van der Waals surface area contributed by atoms with Gasteiger partial charge in [-0.25, -0.2) is 0 Å². The fraction of sp³-hybridized carbons (Fsp3) is 0.0526. The van der Waals surface area contributed by atoms with E-state index in [0.29, 0.717) is 0 Å². The van der Waals surface area contributed by atoms with Crippen molar-refractivity contribution in [3.63, 3.8) is 0 Å². The van der Waals surface area contributed by atoms with Crippen LogP contribution in [0.1, 0.15) is 16.7 Å². The van der Waals surface area contributed by atoms with E-state index in [9.17, 15) is 23.2 Å². The highest BCUT2D eigenvalue weighted by Crippen LogP contribution is 2.52. The summed E-state index contributed by atoms with van der Waals surface area (Å²) in [7, 11) is -5.13. The van der Waals surface area contributed by atoms with Gasteiger partial charge in [0.2, 0.25) is 0 Å².